The van der Waals surface area contributed by atoms with Crippen LogP contribution in [0.15, 0.2) is 41.5 Å². The molecule has 0 radical (unpaired) electrons. The number of benzene rings is 1. The first-order valence-corrected chi connectivity index (χ1v) is 4.71. The molecule has 0 saturated heterocycles. The molecule has 0 unspecified atom stereocenters. The van der Waals surface area contributed by atoms with Crippen molar-refractivity contribution in [3.63, 3.8) is 0 Å². The number of rotatable bonds is 0. The minimum Gasteiger partial charge on any atom is -0.335 e. The van der Waals surface area contributed by atoms with Crippen LogP contribution in [0.1, 0.15) is 5.69 Å². The Balaban J connectivity index is 2.37. The third-order valence-electron chi connectivity index (χ3n) is 2.54. The van der Waals surface area contributed by atoms with Gasteiger partial charge >= 0.3 is 0 Å². The first kappa shape index (κ1) is 7.56. The second-order valence-corrected chi connectivity index (χ2v) is 3.39. The van der Waals surface area contributed by atoms with Crippen LogP contribution < -0.4 is 0 Å². The molecule has 2 nitrogen and oxygen atoms in total. The zero-order valence-electron chi connectivity index (χ0n) is 7.72. The number of nitrogens with zero attached hydrogens (tertiary/aromatic N) is 2. The average molecular weight is 182 g/mol. The number of hydrogen-bond donors (Lipinski definition) is 0. The fourth-order valence-electron chi connectivity index (χ4n) is 1.88. The molecule has 0 amide bonds. The van der Waals surface area contributed by atoms with Crippen molar-refractivity contribution in [2.75, 3.05) is 0 Å². The third-order valence-corrected chi connectivity index (χ3v) is 2.54. The molecule has 0 aliphatic carbocycles. The fraction of sp³-hybridized carbons (Fsp3) is 0.0833. The number of aromatic nitrogens is 1. The van der Waals surface area contributed by atoms with Gasteiger partial charge in [0.05, 0.1) is 6.54 Å². The van der Waals surface area contributed by atoms with E-state index in [2.05, 4.69) is 39.9 Å². The van der Waals surface area contributed by atoms with Crippen LogP contribution in [0.4, 0.5) is 0 Å². The van der Waals surface area contributed by atoms with Crippen LogP contribution in [-0.2, 0) is 6.54 Å². The summed E-state index contributed by atoms with van der Waals surface area (Å²) >= 11 is 0. The Kier molecular flexibility index (Phi) is 1.53. The number of aliphatic imine (C=N–C) groups is 1. The van der Waals surface area contributed by atoms with Crippen molar-refractivity contribution < 1.29 is 0 Å². The predicted molar refractivity (Wildman–Crippen MR) is 59.5 cm³/mol. The minimum atomic E-state index is 0.857. The lowest BCUT2D eigenvalue weighted by molar-refractivity contribution is 0.902. The van der Waals surface area contributed by atoms with Crippen molar-refractivity contribution >= 4 is 23.2 Å². The quantitative estimate of drug-likeness (QED) is 0.596. The summed E-state index contributed by atoms with van der Waals surface area (Å²) in [4.78, 5) is 4.14. The molecular weight excluding hydrogens is 172 g/mol. The molecule has 0 spiro atoms. The van der Waals surface area contributed by atoms with Crippen LogP contribution in [0.3, 0.4) is 0 Å². The van der Waals surface area contributed by atoms with Gasteiger partial charge in [-0.25, -0.2) is 0 Å². The summed E-state index contributed by atoms with van der Waals surface area (Å²) in [7, 11) is 0. The highest BCUT2D eigenvalue weighted by Crippen LogP contribution is 2.21. The summed E-state index contributed by atoms with van der Waals surface area (Å²) in [6.45, 7) is 0.857. The normalized spacial score (nSPS) is 14.3. The van der Waals surface area contributed by atoms with Crippen molar-refractivity contribution in [1.29, 1.82) is 0 Å². The molecule has 0 atom stereocenters. The molecule has 3 rings (SSSR count). The van der Waals surface area contributed by atoms with Crippen LogP contribution in [0.2, 0.25) is 0 Å². The predicted octanol–water partition coefficient (Wildman–Crippen LogP) is 2.70. The molecule has 1 aliphatic heterocycles. The second-order valence-electron chi connectivity index (χ2n) is 3.39. The van der Waals surface area contributed by atoms with Gasteiger partial charge in [0.1, 0.15) is 0 Å². The van der Waals surface area contributed by atoms with E-state index in [1.165, 1.54) is 16.6 Å². The van der Waals surface area contributed by atoms with Gasteiger partial charge in [-0.2, -0.15) is 0 Å². The molecule has 0 N–H and O–H groups in total. The zero-order valence-corrected chi connectivity index (χ0v) is 7.72. The van der Waals surface area contributed by atoms with E-state index in [-0.39, 0.29) is 0 Å². The molecule has 2 heteroatoms. The van der Waals surface area contributed by atoms with Crippen molar-refractivity contribution in [2.45, 2.75) is 6.54 Å². The second kappa shape index (κ2) is 2.84. The molecule has 1 aromatic heterocycles. The van der Waals surface area contributed by atoms with Crippen LogP contribution >= 0.6 is 0 Å². The molecule has 68 valence electrons. The van der Waals surface area contributed by atoms with E-state index in [1.807, 2.05) is 18.5 Å². The van der Waals surface area contributed by atoms with Crippen molar-refractivity contribution in [3.05, 3.63) is 42.2 Å². The molecule has 1 aliphatic rings. The summed E-state index contributed by atoms with van der Waals surface area (Å²) in [6.07, 6.45) is 5.82. The Morgan fingerprint density at radius 1 is 1.21 bits per heavy atom. The summed E-state index contributed by atoms with van der Waals surface area (Å²) in [6, 6.07) is 10.6. The molecular formula is C12H10N2. The van der Waals surface area contributed by atoms with Gasteiger partial charge in [-0.1, -0.05) is 18.2 Å². The lowest BCUT2D eigenvalue weighted by Gasteiger charge is -2.02. The van der Waals surface area contributed by atoms with Crippen molar-refractivity contribution in [2.24, 2.45) is 4.99 Å². The van der Waals surface area contributed by atoms with Gasteiger partial charge in [0.2, 0.25) is 0 Å². The van der Waals surface area contributed by atoms with E-state index < -0.39 is 0 Å². The molecule has 0 saturated carbocycles. The lowest BCUT2D eigenvalue weighted by atomic mass is 10.2. The van der Waals surface area contributed by atoms with E-state index in [0.717, 1.165) is 6.54 Å². The summed E-state index contributed by atoms with van der Waals surface area (Å²) in [5, 5.41) is 1.29. The monoisotopic (exact) mass is 182 g/mol. The van der Waals surface area contributed by atoms with E-state index in [1.54, 1.807) is 0 Å². The van der Waals surface area contributed by atoms with Gasteiger partial charge in [0.15, 0.2) is 0 Å². The number of hydrogen-bond acceptors (Lipinski definition) is 1. The van der Waals surface area contributed by atoms with E-state index in [0.29, 0.717) is 0 Å². The van der Waals surface area contributed by atoms with Crippen LogP contribution in [0, 0.1) is 0 Å². The van der Waals surface area contributed by atoms with Gasteiger partial charge < -0.3 is 4.57 Å². The highest BCUT2D eigenvalue weighted by molar-refractivity contribution is 5.85. The van der Waals surface area contributed by atoms with E-state index in [9.17, 15) is 0 Å². The molecule has 14 heavy (non-hydrogen) atoms. The Bertz CT molecular complexity index is 532. The first-order chi connectivity index (χ1) is 6.95. The number of fused-ring (bicyclic) bond motifs is 3. The Labute approximate surface area is 82.2 Å². The zero-order chi connectivity index (χ0) is 9.38. The van der Waals surface area contributed by atoms with Gasteiger partial charge in [-0.05, 0) is 18.2 Å². The molecule has 0 bridgehead atoms. The standard InChI is InChI=1S/C12H10N2/c1-2-4-12-10(3-1)9-11-5-6-13-7-8-14(11)12/h1-7,9H,8H2. The van der Waals surface area contributed by atoms with Gasteiger partial charge in [0, 0.05) is 29.0 Å². The summed E-state index contributed by atoms with van der Waals surface area (Å²) in [5.41, 5.74) is 2.50. The molecule has 1 aromatic carbocycles. The Morgan fingerprint density at radius 3 is 3.14 bits per heavy atom. The highest BCUT2D eigenvalue weighted by Gasteiger charge is 2.05. The Morgan fingerprint density at radius 2 is 2.14 bits per heavy atom. The highest BCUT2D eigenvalue weighted by atomic mass is 15.0. The van der Waals surface area contributed by atoms with E-state index in [4.69, 9.17) is 0 Å². The van der Waals surface area contributed by atoms with Crippen LogP contribution in [0.25, 0.3) is 17.0 Å². The molecule has 0 fully saturated rings. The maximum Gasteiger partial charge on any atom is 0.0584 e. The SMILES string of the molecule is C1=Cc2cc3ccccc3n2CC=N1. The first-order valence-electron chi connectivity index (χ1n) is 4.71. The minimum absolute atomic E-state index is 0.857. The van der Waals surface area contributed by atoms with E-state index >= 15 is 0 Å². The Hall–Kier alpha value is -1.83. The average Bonchev–Trinajstić information content (AvgIpc) is 2.42. The van der Waals surface area contributed by atoms with Crippen molar-refractivity contribution in [3.8, 4) is 0 Å². The summed E-state index contributed by atoms with van der Waals surface area (Å²) in [5.74, 6) is 0. The third kappa shape index (κ3) is 1.01. The maximum absolute atomic E-state index is 4.14. The summed E-state index contributed by atoms with van der Waals surface area (Å²) < 4.78 is 2.27. The van der Waals surface area contributed by atoms with Crippen molar-refractivity contribution in [1.82, 2.24) is 4.57 Å². The van der Waals surface area contributed by atoms with Gasteiger partial charge in [-0.3, -0.25) is 4.99 Å². The molecule has 2 heterocycles. The molecule has 2 aromatic rings. The number of para-hydroxylation sites is 1. The van der Waals surface area contributed by atoms with Crippen LogP contribution in [-0.4, -0.2) is 10.8 Å². The fourth-order valence-corrected chi connectivity index (χ4v) is 1.88. The topological polar surface area (TPSA) is 17.3 Å². The smallest absolute Gasteiger partial charge is 0.0584 e. The van der Waals surface area contributed by atoms with Crippen LogP contribution in [0.5, 0.6) is 0 Å². The largest absolute Gasteiger partial charge is 0.335 e. The van der Waals surface area contributed by atoms with Gasteiger partial charge in [0.25, 0.3) is 0 Å². The van der Waals surface area contributed by atoms with Gasteiger partial charge in [-0.15, -0.1) is 0 Å². The maximum atomic E-state index is 4.14. The lowest BCUT2D eigenvalue weighted by Crippen LogP contribution is -1.98.